The molecule has 3 rings (SSSR count). The molecule has 0 aliphatic heterocycles. The molecule has 2 aromatic carbocycles. The minimum absolute atomic E-state index is 0.128. The molecule has 0 radical (unpaired) electrons. The van der Waals surface area contributed by atoms with Crippen LogP contribution in [0, 0.1) is 11.3 Å². The maximum Gasteiger partial charge on any atom is 0.252 e. The van der Waals surface area contributed by atoms with Gasteiger partial charge in [0.2, 0.25) is 0 Å². The molecule has 1 heterocycles. The summed E-state index contributed by atoms with van der Waals surface area (Å²) < 4.78 is 7.71. The van der Waals surface area contributed by atoms with Gasteiger partial charge in [-0.05, 0) is 11.1 Å². The van der Waals surface area contributed by atoms with E-state index in [9.17, 15) is 0 Å². The first-order valence-electron chi connectivity index (χ1n) is 7.38. The fourth-order valence-corrected chi connectivity index (χ4v) is 2.36. The third-order valence-corrected chi connectivity index (χ3v) is 3.45. The normalized spacial score (nSPS) is 10.6. The van der Waals surface area contributed by atoms with E-state index >= 15 is 0 Å². The van der Waals surface area contributed by atoms with Crippen molar-refractivity contribution >= 4 is 0 Å². The largest absolute Gasteiger partial charge is 0.367 e. The van der Waals surface area contributed by atoms with E-state index in [1.807, 2.05) is 42.5 Å². The highest BCUT2D eigenvalue weighted by Crippen LogP contribution is 2.25. The molecule has 0 unspecified atom stereocenters. The molecule has 114 valence electrons. The first-order chi connectivity index (χ1) is 11.4. The number of nitrogens with zero attached hydrogens (tertiary/aromatic N) is 4. The molecule has 0 bridgehead atoms. The molecule has 3 aromatic rings. The topological polar surface area (TPSA) is 63.7 Å². The van der Waals surface area contributed by atoms with Crippen molar-refractivity contribution in [2.45, 2.75) is 12.6 Å². The Hall–Kier alpha value is -2.97. The summed E-state index contributed by atoms with van der Waals surface area (Å²) in [7, 11) is 0. The Morgan fingerprint density at radius 2 is 1.61 bits per heavy atom. The summed E-state index contributed by atoms with van der Waals surface area (Å²) in [6, 6.07) is 22.1. The number of ether oxygens (including phenoxy) is 1. The highest BCUT2D eigenvalue weighted by atomic mass is 16.5. The van der Waals surface area contributed by atoms with Gasteiger partial charge in [-0.25, -0.2) is 9.67 Å². The second-order valence-electron chi connectivity index (χ2n) is 5.02. The SMILES string of the molecule is N#Cc1ncn(CCOC(c2ccccc2)c2ccccc2)n1. The summed E-state index contributed by atoms with van der Waals surface area (Å²) in [6.45, 7) is 1.02. The molecular weight excluding hydrogens is 288 g/mol. The fraction of sp³-hybridized carbons (Fsp3) is 0.167. The summed E-state index contributed by atoms with van der Waals surface area (Å²) in [5.41, 5.74) is 2.21. The van der Waals surface area contributed by atoms with E-state index < -0.39 is 0 Å². The minimum atomic E-state index is -0.128. The smallest absolute Gasteiger partial charge is 0.252 e. The second kappa shape index (κ2) is 7.34. The summed E-state index contributed by atoms with van der Waals surface area (Å²) >= 11 is 0. The van der Waals surface area contributed by atoms with Gasteiger partial charge in [0.1, 0.15) is 18.5 Å². The molecular formula is C18H16N4O. The Morgan fingerprint density at radius 1 is 1.00 bits per heavy atom. The van der Waals surface area contributed by atoms with E-state index in [0.29, 0.717) is 13.2 Å². The Kier molecular flexibility index (Phi) is 4.77. The van der Waals surface area contributed by atoms with Crippen LogP contribution in [0.25, 0.3) is 0 Å². The average Bonchev–Trinajstić information content (AvgIpc) is 3.08. The predicted molar refractivity (Wildman–Crippen MR) is 85.4 cm³/mol. The summed E-state index contributed by atoms with van der Waals surface area (Å²) in [5, 5.41) is 12.8. The van der Waals surface area contributed by atoms with Crippen LogP contribution in [0.15, 0.2) is 67.0 Å². The fourth-order valence-electron chi connectivity index (χ4n) is 2.36. The lowest BCUT2D eigenvalue weighted by atomic mass is 10.0. The number of hydrogen-bond donors (Lipinski definition) is 0. The maximum atomic E-state index is 8.74. The molecule has 0 atom stereocenters. The molecule has 1 aromatic heterocycles. The van der Waals surface area contributed by atoms with Crippen LogP contribution >= 0.6 is 0 Å². The molecule has 0 fully saturated rings. The van der Waals surface area contributed by atoms with E-state index in [0.717, 1.165) is 11.1 Å². The van der Waals surface area contributed by atoms with Gasteiger partial charge in [-0.1, -0.05) is 60.7 Å². The molecule has 0 aliphatic rings. The van der Waals surface area contributed by atoms with Gasteiger partial charge in [-0.15, -0.1) is 5.10 Å². The van der Waals surface area contributed by atoms with Crippen molar-refractivity contribution in [2.75, 3.05) is 6.61 Å². The van der Waals surface area contributed by atoms with Gasteiger partial charge in [0.25, 0.3) is 5.82 Å². The molecule has 0 spiro atoms. The number of benzene rings is 2. The predicted octanol–water partition coefficient (Wildman–Crippen LogP) is 2.96. The van der Waals surface area contributed by atoms with Crippen LogP contribution in [0.1, 0.15) is 23.1 Å². The zero-order valence-electron chi connectivity index (χ0n) is 12.5. The van der Waals surface area contributed by atoms with Gasteiger partial charge in [-0.3, -0.25) is 0 Å². The zero-order valence-corrected chi connectivity index (χ0v) is 12.5. The Labute approximate surface area is 134 Å². The number of hydrogen-bond acceptors (Lipinski definition) is 4. The zero-order chi connectivity index (χ0) is 15.9. The van der Waals surface area contributed by atoms with Crippen LogP contribution in [-0.4, -0.2) is 21.4 Å². The molecule has 0 aliphatic carbocycles. The van der Waals surface area contributed by atoms with E-state index in [1.54, 1.807) is 11.0 Å². The van der Waals surface area contributed by atoms with Crippen LogP contribution in [0.2, 0.25) is 0 Å². The molecule has 5 heteroatoms. The highest BCUT2D eigenvalue weighted by Gasteiger charge is 2.14. The monoisotopic (exact) mass is 304 g/mol. The summed E-state index contributed by atoms with van der Waals surface area (Å²) in [6.07, 6.45) is 1.42. The third-order valence-electron chi connectivity index (χ3n) is 3.45. The van der Waals surface area contributed by atoms with Crippen molar-refractivity contribution in [1.29, 1.82) is 5.26 Å². The first kappa shape index (κ1) is 14.9. The van der Waals surface area contributed by atoms with Crippen molar-refractivity contribution < 1.29 is 4.74 Å². The number of nitriles is 1. The van der Waals surface area contributed by atoms with Crippen LogP contribution in [0.4, 0.5) is 0 Å². The van der Waals surface area contributed by atoms with Gasteiger partial charge >= 0.3 is 0 Å². The lowest BCUT2D eigenvalue weighted by molar-refractivity contribution is 0.0719. The van der Waals surface area contributed by atoms with Gasteiger partial charge in [-0.2, -0.15) is 5.26 Å². The van der Waals surface area contributed by atoms with Gasteiger partial charge in [0, 0.05) is 0 Å². The van der Waals surface area contributed by atoms with Gasteiger partial charge in [0.15, 0.2) is 0 Å². The van der Waals surface area contributed by atoms with E-state index in [2.05, 4.69) is 34.3 Å². The van der Waals surface area contributed by atoms with Crippen molar-refractivity contribution in [3.63, 3.8) is 0 Å². The lowest BCUT2D eigenvalue weighted by Crippen LogP contribution is -2.12. The second-order valence-corrected chi connectivity index (χ2v) is 5.02. The van der Waals surface area contributed by atoms with Crippen LogP contribution < -0.4 is 0 Å². The van der Waals surface area contributed by atoms with Crippen LogP contribution in [0.3, 0.4) is 0 Å². The van der Waals surface area contributed by atoms with Crippen molar-refractivity contribution in [2.24, 2.45) is 0 Å². The Balaban J connectivity index is 1.71. The van der Waals surface area contributed by atoms with Gasteiger partial charge < -0.3 is 4.74 Å². The number of aromatic nitrogens is 3. The highest BCUT2D eigenvalue weighted by molar-refractivity contribution is 5.29. The van der Waals surface area contributed by atoms with Crippen LogP contribution in [-0.2, 0) is 11.3 Å². The van der Waals surface area contributed by atoms with E-state index in [1.165, 1.54) is 0 Å². The summed E-state index contributed by atoms with van der Waals surface area (Å²) in [5.74, 6) is 0.174. The van der Waals surface area contributed by atoms with E-state index in [4.69, 9.17) is 10.00 Å². The molecule has 0 amide bonds. The van der Waals surface area contributed by atoms with Crippen molar-refractivity contribution in [1.82, 2.24) is 14.8 Å². The average molecular weight is 304 g/mol. The van der Waals surface area contributed by atoms with Crippen molar-refractivity contribution in [3.05, 3.63) is 83.9 Å². The minimum Gasteiger partial charge on any atom is -0.367 e. The van der Waals surface area contributed by atoms with Crippen LogP contribution in [0.5, 0.6) is 0 Å². The quantitative estimate of drug-likeness (QED) is 0.702. The number of rotatable bonds is 6. The molecule has 0 N–H and O–H groups in total. The maximum absolute atomic E-state index is 8.74. The lowest BCUT2D eigenvalue weighted by Gasteiger charge is -2.19. The van der Waals surface area contributed by atoms with E-state index in [-0.39, 0.29) is 11.9 Å². The summed E-state index contributed by atoms with van der Waals surface area (Å²) in [4.78, 5) is 3.88. The molecule has 5 nitrogen and oxygen atoms in total. The van der Waals surface area contributed by atoms with Gasteiger partial charge in [0.05, 0.1) is 13.2 Å². The molecule has 0 saturated heterocycles. The first-order valence-corrected chi connectivity index (χ1v) is 7.38. The van der Waals surface area contributed by atoms with Crippen molar-refractivity contribution in [3.8, 4) is 6.07 Å². The third kappa shape index (κ3) is 3.82. The molecule has 0 saturated carbocycles. The Morgan fingerprint density at radius 3 is 2.13 bits per heavy atom. The standard InChI is InChI=1S/C18H16N4O/c19-13-17-20-14-22(21-17)11-12-23-18(15-7-3-1-4-8-15)16-9-5-2-6-10-16/h1-10,14,18H,11-12H2. The molecule has 23 heavy (non-hydrogen) atoms. The Bertz CT molecular complexity index is 738.